The predicted octanol–water partition coefficient (Wildman–Crippen LogP) is 3.30. The lowest BCUT2D eigenvalue weighted by molar-refractivity contribution is 0.0692. The second kappa shape index (κ2) is 7.84. The first-order chi connectivity index (χ1) is 9.88. The molecule has 21 heavy (non-hydrogen) atoms. The van der Waals surface area contributed by atoms with E-state index in [0.717, 1.165) is 19.3 Å². The Morgan fingerprint density at radius 3 is 2.43 bits per heavy atom. The lowest BCUT2D eigenvalue weighted by Gasteiger charge is -2.15. The van der Waals surface area contributed by atoms with E-state index in [-0.39, 0.29) is 17.7 Å². The monoisotopic (exact) mass is 292 g/mol. The zero-order valence-electron chi connectivity index (χ0n) is 12.7. The molecule has 1 aromatic carbocycles. The number of aliphatic hydroxyl groups excluding tert-OH is 1. The number of carbonyl (C=O) groups is 1. The molecular weight excluding hydrogens is 268 g/mol. The Bertz CT molecular complexity index is 520. The third-order valence-electron chi connectivity index (χ3n) is 3.59. The SMILES string of the molecule is C=C(C)C(O)Cc1ccc(CCCCC)c(C(=O)O)c1O. The molecule has 0 saturated carbocycles. The lowest BCUT2D eigenvalue weighted by atomic mass is 9.94. The number of phenols is 1. The Kier molecular flexibility index (Phi) is 6.43. The molecule has 0 aliphatic rings. The van der Waals surface area contributed by atoms with Crippen molar-refractivity contribution in [2.75, 3.05) is 0 Å². The van der Waals surface area contributed by atoms with Gasteiger partial charge in [0.1, 0.15) is 11.3 Å². The minimum absolute atomic E-state index is 0.0440. The number of aryl methyl sites for hydroxylation is 1. The van der Waals surface area contributed by atoms with Gasteiger partial charge in [0.2, 0.25) is 0 Å². The Balaban J connectivity index is 3.07. The highest BCUT2D eigenvalue weighted by molar-refractivity contribution is 5.93. The van der Waals surface area contributed by atoms with E-state index in [2.05, 4.69) is 13.5 Å². The van der Waals surface area contributed by atoms with Gasteiger partial charge in [-0.2, -0.15) is 0 Å². The van der Waals surface area contributed by atoms with Crippen molar-refractivity contribution in [2.45, 2.75) is 52.1 Å². The summed E-state index contributed by atoms with van der Waals surface area (Å²) in [6, 6.07) is 3.43. The van der Waals surface area contributed by atoms with Crippen LogP contribution in [-0.2, 0) is 12.8 Å². The molecule has 0 aromatic heterocycles. The molecule has 116 valence electrons. The van der Waals surface area contributed by atoms with Crippen LogP contribution in [0.2, 0.25) is 0 Å². The maximum atomic E-state index is 11.4. The number of aromatic hydroxyl groups is 1. The maximum absolute atomic E-state index is 11.4. The van der Waals surface area contributed by atoms with Crippen LogP contribution in [0.1, 0.15) is 54.6 Å². The van der Waals surface area contributed by atoms with Crippen molar-refractivity contribution >= 4 is 5.97 Å². The topological polar surface area (TPSA) is 77.8 Å². The van der Waals surface area contributed by atoms with Crippen LogP contribution >= 0.6 is 0 Å². The molecule has 1 rings (SSSR count). The largest absolute Gasteiger partial charge is 0.507 e. The summed E-state index contributed by atoms with van der Waals surface area (Å²) in [6.45, 7) is 7.43. The summed E-state index contributed by atoms with van der Waals surface area (Å²) in [5.74, 6) is -1.37. The Hall–Kier alpha value is -1.81. The fraction of sp³-hybridized carbons (Fsp3) is 0.471. The van der Waals surface area contributed by atoms with Gasteiger partial charge in [0.25, 0.3) is 0 Å². The molecule has 3 N–H and O–H groups in total. The number of benzene rings is 1. The van der Waals surface area contributed by atoms with E-state index >= 15 is 0 Å². The lowest BCUT2D eigenvalue weighted by Crippen LogP contribution is -2.13. The van der Waals surface area contributed by atoms with E-state index in [0.29, 0.717) is 23.1 Å². The number of aromatic carboxylic acids is 1. The van der Waals surface area contributed by atoms with Crippen LogP contribution in [0, 0.1) is 0 Å². The first-order valence-corrected chi connectivity index (χ1v) is 7.28. The van der Waals surface area contributed by atoms with E-state index in [1.807, 2.05) is 0 Å². The van der Waals surface area contributed by atoms with Crippen LogP contribution < -0.4 is 0 Å². The molecule has 0 saturated heterocycles. The number of carboxylic acids is 1. The first kappa shape index (κ1) is 17.2. The Morgan fingerprint density at radius 1 is 1.29 bits per heavy atom. The molecule has 0 aliphatic heterocycles. The van der Waals surface area contributed by atoms with Crippen molar-refractivity contribution in [2.24, 2.45) is 0 Å². The van der Waals surface area contributed by atoms with E-state index in [1.54, 1.807) is 19.1 Å². The molecule has 1 unspecified atom stereocenters. The van der Waals surface area contributed by atoms with E-state index in [9.17, 15) is 20.1 Å². The third kappa shape index (κ3) is 4.60. The van der Waals surface area contributed by atoms with Crippen LogP contribution in [0.3, 0.4) is 0 Å². The average molecular weight is 292 g/mol. The summed E-state index contributed by atoms with van der Waals surface area (Å²) in [7, 11) is 0. The van der Waals surface area contributed by atoms with Crippen molar-refractivity contribution in [3.63, 3.8) is 0 Å². The van der Waals surface area contributed by atoms with Gasteiger partial charge in [0.15, 0.2) is 0 Å². The number of unbranched alkanes of at least 4 members (excludes halogenated alkanes) is 2. The van der Waals surface area contributed by atoms with E-state index in [4.69, 9.17) is 0 Å². The molecule has 0 aliphatic carbocycles. The average Bonchev–Trinajstić information content (AvgIpc) is 2.41. The molecule has 4 heteroatoms. The van der Waals surface area contributed by atoms with Gasteiger partial charge in [-0.15, -0.1) is 0 Å². The summed E-state index contributed by atoms with van der Waals surface area (Å²) >= 11 is 0. The zero-order chi connectivity index (χ0) is 16.0. The number of rotatable bonds is 8. The summed E-state index contributed by atoms with van der Waals surface area (Å²) in [6.07, 6.45) is 2.98. The van der Waals surface area contributed by atoms with Gasteiger partial charge in [-0.3, -0.25) is 0 Å². The molecule has 0 spiro atoms. The van der Waals surface area contributed by atoms with Gasteiger partial charge < -0.3 is 15.3 Å². The second-order valence-electron chi connectivity index (χ2n) is 5.44. The van der Waals surface area contributed by atoms with Crippen molar-refractivity contribution in [1.82, 2.24) is 0 Å². The normalized spacial score (nSPS) is 12.1. The first-order valence-electron chi connectivity index (χ1n) is 7.28. The smallest absolute Gasteiger partial charge is 0.339 e. The number of carboxylic acid groups (broad SMARTS) is 1. The third-order valence-corrected chi connectivity index (χ3v) is 3.59. The molecular formula is C17H24O4. The number of aliphatic hydroxyl groups is 1. The van der Waals surface area contributed by atoms with Crippen LogP contribution in [0.4, 0.5) is 0 Å². The minimum atomic E-state index is -1.13. The predicted molar refractivity (Wildman–Crippen MR) is 82.8 cm³/mol. The highest BCUT2D eigenvalue weighted by atomic mass is 16.4. The van der Waals surface area contributed by atoms with Gasteiger partial charge in [-0.05, 0) is 30.9 Å². The number of hydrogen-bond donors (Lipinski definition) is 3. The summed E-state index contributed by atoms with van der Waals surface area (Å²) in [5, 5.41) is 29.4. The van der Waals surface area contributed by atoms with Crippen molar-refractivity contribution < 1.29 is 20.1 Å². The van der Waals surface area contributed by atoms with E-state index < -0.39 is 12.1 Å². The molecule has 0 heterocycles. The highest BCUT2D eigenvalue weighted by Gasteiger charge is 2.20. The molecule has 0 radical (unpaired) electrons. The highest BCUT2D eigenvalue weighted by Crippen LogP contribution is 2.29. The maximum Gasteiger partial charge on any atom is 0.339 e. The fourth-order valence-corrected chi connectivity index (χ4v) is 2.24. The molecule has 1 aromatic rings. The Labute approximate surface area is 125 Å². The number of hydrogen-bond acceptors (Lipinski definition) is 3. The van der Waals surface area contributed by atoms with Crippen LogP contribution in [-0.4, -0.2) is 27.4 Å². The summed E-state index contributed by atoms with van der Waals surface area (Å²) in [4.78, 5) is 11.4. The van der Waals surface area contributed by atoms with Gasteiger partial charge in [-0.1, -0.05) is 44.1 Å². The van der Waals surface area contributed by atoms with Crippen molar-refractivity contribution in [3.05, 3.63) is 41.0 Å². The van der Waals surface area contributed by atoms with Gasteiger partial charge in [-0.25, -0.2) is 4.79 Å². The molecule has 1 atom stereocenters. The fourth-order valence-electron chi connectivity index (χ4n) is 2.24. The van der Waals surface area contributed by atoms with E-state index in [1.165, 1.54) is 0 Å². The van der Waals surface area contributed by atoms with Crippen LogP contribution in [0.25, 0.3) is 0 Å². The van der Waals surface area contributed by atoms with Gasteiger partial charge >= 0.3 is 5.97 Å². The van der Waals surface area contributed by atoms with Crippen molar-refractivity contribution in [1.29, 1.82) is 0 Å². The van der Waals surface area contributed by atoms with Crippen molar-refractivity contribution in [3.8, 4) is 5.75 Å². The summed E-state index contributed by atoms with van der Waals surface area (Å²) in [5.41, 5.74) is 1.61. The van der Waals surface area contributed by atoms with Crippen LogP contribution in [0.5, 0.6) is 5.75 Å². The Morgan fingerprint density at radius 2 is 1.90 bits per heavy atom. The van der Waals surface area contributed by atoms with Gasteiger partial charge in [0, 0.05) is 6.42 Å². The second-order valence-corrected chi connectivity index (χ2v) is 5.44. The zero-order valence-corrected chi connectivity index (χ0v) is 12.7. The standard InChI is InChI=1S/C17H24O4/c1-4-5-6-7-12-8-9-13(10-14(18)11(2)3)16(19)15(12)17(20)21/h8-9,14,18-19H,2,4-7,10H2,1,3H3,(H,20,21). The molecule has 4 nitrogen and oxygen atoms in total. The quantitative estimate of drug-likeness (QED) is 0.507. The molecule has 0 bridgehead atoms. The van der Waals surface area contributed by atoms with Crippen LogP contribution in [0.15, 0.2) is 24.3 Å². The van der Waals surface area contributed by atoms with Gasteiger partial charge in [0.05, 0.1) is 6.10 Å². The molecule has 0 amide bonds. The minimum Gasteiger partial charge on any atom is -0.507 e. The molecule has 0 fully saturated rings. The summed E-state index contributed by atoms with van der Waals surface area (Å²) < 4.78 is 0.